The Morgan fingerprint density at radius 1 is 1.23 bits per heavy atom. The number of nitrogens with zero attached hydrogens (tertiary/aromatic N) is 2. The number of hydrogen-bond donors (Lipinski definition) is 1. The maximum Gasteiger partial charge on any atom is 0.247 e. The second-order valence-electron chi connectivity index (χ2n) is 5.09. The molecular weight excluding hydrogens is 298 g/mol. The van der Waals surface area contributed by atoms with Crippen LogP contribution in [0.15, 0.2) is 41.8 Å². The van der Waals surface area contributed by atoms with E-state index in [1.807, 2.05) is 29.5 Å². The molecule has 0 fully saturated rings. The zero-order valence-corrected chi connectivity index (χ0v) is 13.5. The van der Waals surface area contributed by atoms with Crippen molar-refractivity contribution in [1.82, 2.24) is 4.90 Å². The van der Waals surface area contributed by atoms with Crippen molar-refractivity contribution in [2.24, 2.45) is 0 Å². The Kier molecular flexibility index (Phi) is 5.30. The summed E-state index contributed by atoms with van der Waals surface area (Å²) < 4.78 is 0. The van der Waals surface area contributed by atoms with Crippen LogP contribution in [-0.2, 0) is 16.1 Å². The Morgan fingerprint density at radius 3 is 2.59 bits per heavy atom. The number of carbonyl (C=O) groups is 2. The van der Waals surface area contributed by atoms with E-state index in [1.54, 1.807) is 35.6 Å². The Morgan fingerprint density at radius 2 is 2.00 bits per heavy atom. The molecule has 2 aromatic rings. The van der Waals surface area contributed by atoms with E-state index in [-0.39, 0.29) is 18.4 Å². The van der Waals surface area contributed by atoms with Crippen molar-refractivity contribution >= 4 is 34.5 Å². The summed E-state index contributed by atoms with van der Waals surface area (Å²) in [7, 11) is 1.86. The lowest BCUT2D eigenvalue weighted by molar-refractivity contribution is -0.126. The smallest absolute Gasteiger partial charge is 0.247 e. The zero-order valence-electron chi connectivity index (χ0n) is 12.7. The van der Waals surface area contributed by atoms with Gasteiger partial charge in [0, 0.05) is 24.0 Å². The van der Waals surface area contributed by atoms with Gasteiger partial charge >= 0.3 is 0 Å². The molecule has 2 rings (SSSR count). The van der Waals surface area contributed by atoms with Gasteiger partial charge in [0.2, 0.25) is 11.8 Å². The summed E-state index contributed by atoms with van der Waals surface area (Å²) >= 11 is 1.64. The van der Waals surface area contributed by atoms with Gasteiger partial charge in [-0.2, -0.15) is 0 Å². The van der Waals surface area contributed by atoms with Crippen molar-refractivity contribution in [1.29, 1.82) is 0 Å². The number of benzene rings is 1. The van der Waals surface area contributed by atoms with Crippen molar-refractivity contribution in [3.8, 4) is 0 Å². The molecule has 1 aromatic heterocycles. The highest BCUT2D eigenvalue weighted by Gasteiger charge is 2.21. The Hall–Kier alpha value is -2.18. The van der Waals surface area contributed by atoms with Crippen LogP contribution >= 0.6 is 11.3 Å². The Balaban J connectivity index is 2.08. The summed E-state index contributed by atoms with van der Waals surface area (Å²) in [6.07, 6.45) is 0. The molecule has 0 aliphatic heterocycles. The second-order valence-corrected chi connectivity index (χ2v) is 6.13. The molecule has 1 heterocycles. The highest BCUT2D eigenvalue weighted by molar-refractivity contribution is 7.09. The number of nitrogens with two attached hydrogens (primary N) is 1. The molecule has 5 nitrogen and oxygen atoms in total. The monoisotopic (exact) mass is 317 g/mol. The predicted molar refractivity (Wildman–Crippen MR) is 89.7 cm³/mol. The van der Waals surface area contributed by atoms with Crippen LogP contribution in [-0.4, -0.2) is 30.3 Å². The van der Waals surface area contributed by atoms with Crippen molar-refractivity contribution in [2.45, 2.75) is 13.5 Å². The zero-order chi connectivity index (χ0) is 16.1. The number of nitrogen functional groups attached to an aromatic ring is 1. The van der Waals surface area contributed by atoms with Crippen LogP contribution in [0.1, 0.15) is 11.8 Å². The van der Waals surface area contributed by atoms with Gasteiger partial charge in [0.15, 0.2) is 0 Å². The lowest BCUT2D eigenvalue weighted by Gasteiger charge is -2.23. The first-order valence-corrected chi connectivity index (χ1v) is 7.75. The van der Waals surface area contributed by atoms with E-state index in [2.05, 4.69) is 0 Å². The van der Waals surface area contributed by atoms with E-state index >= 15 is 0 Å². The Bertz CT molecular complexity index is 655. The molecule has 0 spiro atoms. The number of amides is 2. The number of rotatable bonds is 5. The van der Waals surface area contributed by atoms with Gasteiger partial charge in [-0.3, -0.25) is 14.5 Å². The Labute approximate surface area is 134 Å². The highest BCUT2D eigenvalue weighted by Crippen LogP contribution is 2.18. The molecular formula is C16H19N3O2S. The number of thiophene rings is 1. The van der Waals surface area contributed by atoms with Crippen LogP contribution in [0.5, 0.6) is 0 Å². The van der Waals surface area contributed by atoms with Gasteiger partial charge in [-0.05, 0) is 36.7 Å². The highest BCUT2D eigenvalue weighted by atomic mass is 32.1. The molecule has 0 aliphatic rings. The molecule has 22 heavy (non-hydrogen) atoms. The molecule has 0 aliphatic carbocycles. The van der Waals surface area contributed by atoms with E-state index in [1.165, 1.54) is 16.7 Å². The minimum absolute atomic E-state index is 0.159. The van der Waals surface area contributed by atoms with Gasteiger partial charge in [-0.25, -0.2) is 4.90 Å². The summed E-state index contributed by atoms with van der Waals surface area (Å²) in [6.45, 7) is 2.21. The molecule has 0 bridgehead atoms. The van der Waals surface area contributed by atoms with Gasteiger partial charge < -0.3 is 5.73 Å². The van der Waals surface area contributed by atoms with E-state index in [0.717, 1.165) is 0 Å². The fraction of sp³-hybridized carbons (Fsp3) is 0.250. The van der Waals surface area contributed by atoms with E-state index in [9.17, 15) is 9.59 Å². The van der Waals surface area contributed by atoms with Crippen molar-refractivity contribution < 1.29 is 9.59 Å². The third-order valence-corrected chi connectivity index (χ3v) is 3.96. The minimum Gasteiger partial charge on any atom is -0.399 e. The van der Waals surface area contributed by atoms with Crippen LogP contribution in [0.4, 0.5) is 11.4 Å². The van der Waals surface area contributed by atoms with Crippen molar-refractivity contribution in [2.75, 3.05) is 24.2 Å². The molecule has 0 saturated heterocycles. The molecule has 0 radical (unpaired) electrons. The summed E-state index contributed by atoms with van der Waals surface area (Å²) in [5.74, 6) is -0.586. The van der Waals surface area contributed by atoms with Gasteiger partial charge in [-0.1, -0.05) is 12.1 Å². The quantitative estimate of drug-likeness (QED) is 0.860. The topological polar surface area (TPSA) is 66.6 Å². The summed E-state index contributed by atoms with van der Waals surface area (Å²) in [6, 6.07) is 10.8. The number of likely N-dealkylation sites (N-methyl/N-ethyl adjacent to an activating group) is 1. The van der Waals surface area contributed by atoms with Gasteiger partial charge in [-0.15, -0.1) is 11.3 Å². The van der Waals surface area contributed by atoms with Crippen molar-refractivity contribution in [3.05, 3.63) is 46.7 Å². The SMILES string of the molecule is CC(=O)N(C(=O)CN(C)Cc1cccs1)c1cccc(N)c1. The first-order valence-electron chi connectivity index (χ1n) is 6.87. The van der Waals surface area contributed by atoms with Crippen LogP contribution in [0.3, 0.4) is 0 Å². The third-order valence-electron chi connectivity index (χ3n) is 3.10. The third kappa shape index (κ3) is 4.16. The van der Waals surface area contributed by atoms with Crippen LogP contribution < -0.4 is 10.6 Å². The maximum absolute atomic E-state index is 12.5. The molecule has 116 valence electrons. The number of hydrogen-bond acceptors (Lipinski definition) is 5. The van der Waals surface area contributed by atoms with Gasteiger partial charge in [0.1, 0.15) is 0 Å². The van der Waals surface area contributed by atoms with Crippen molar-refractivity contribution in [3.63, 3.8) is 0 Å². The molecule has 0 atom stereocenters. The van der Waals surface area contributed by atoms with E-state index < -0.39 is 0 Å². The normalized spacial score (nSPS) is 10.7. The second kappa shape index (κ2) is 7.20. The van der Waals surface area contributed by atoms with Gasteiger partial charge in [0.05, 0.1) is 12.2 Å². The minimum atomic E-state index is -0.319. The average Bonchev–Trinajstić information content (AvgIpc) is 2.90. The van der Waals surface area contributed by atoms with E-state index in [0.29, 0.717) is 17.9 Å². The fourth-order valence-electron chi connectivity index (χ4n) is 2.19. The molecule has 0 unspecified atom stereocenters. The molecule has 1 aromatic carbocycles. The number of anilines is 2. The van der Waals surface area contributed by atoms with Gasteiger partial charge in [0.25, 0.3) is 0 Å². The summed E-state index contributed by atoms with van der Waals surface area (Å²) in [4.78, 5) is 28.5. The first kappa shape index (κ1) is 16.2. The van der Waals surface area contributed by atoms with Crippen LogP contribution in [0.2, 0.25) is 0 Å². The average molecular weight is 317 g/mol. The largest absolute Gasteiger partial charge is 0.399 e. The standard InChI is InChI=1S/C16H19N3O2S/c1-12(20)19(14-6-3-5-13(17)9-14)16(21)11-18(2)10-15-7-4-8-22-15/h3-9H,10-11,17H2,1-2H3. The summed E-state index contributed by atoms with van der Waals surface area (Å²) in [5, 5.41) is 2.00. The lowest BCUT2D eigenvalue weighted by Crippen LogP contribution is -2.41. The molecule has 2 amide bonds. The van der Waals surface area contributed by atoms with E-state index in [4.69, 9.17) is 5.73 Å². The molecule has 6 heteroatoms. The predicted octanol–water partition coefficient (Wildman–Crippen LogP) is 2.34. The fourth-order valence-corrected chi connectivity index (χ4v) is 2.98. The number of imide groups is 1. The molecule has 0 saturated carbocycles. The van der Waals surface area contributed by atoms with Crippen LogP contribution in [0.25, 0.3) is 0 Å². The summed E-state index contributed by atoms with van der Waals surface area (Å²) in [5.41, 5.74) is 6.75. The lowest BCUT2D eigenvalue weighted by atomic mass is 10.2. The first-order chi connectivity index (χ1) is 10.5. The maximum atomic E-state index is 12.5. The number of carbonyl (C=O) groups excluding carboxylic acids is 2. The molecule has 2 N–H and O–H groups in total. The van der Waals surface area contributed by atoms with Crippen LogP contribution in [0, 0.1) is 0 Å².